The van der Waals surface area contributed by atoms with E-state index >= 15 is 0 Å². The summed E-state index contributed by atoms with van der Waals surface area (Å²) in [5.74, 6) is 0.252. The third-order valence-electron chi connectivity index (χ3n) is 1.51. The number of nitrogens with one attached hydrogen (secondary N) is 2. The maximum absolute atomic E-state index is 7.32. The molecule has 0 bridgehead atoms. The van der Waals surface area contributed by atoms with E-state index in [1.54, 1.807) is 6.92 Å². The van der Waals surface area contributed by atoms with E-state index in [4.69, 9.17) is 10.8 Å². The Morgan fingerprint density at radius 2 is 1.89 bits per heavy atom. The topological polar surface area (TPSA) is 47.7 Å². The van der Waals surface area contributed by atoms with Crippen molar-refractivity contribution in [3.8, 4) is 0 Å². The van der Waals surface area contributed by atoms with Crippen LogP contribution in [0.5, 0.6) is 0 Å². The van der Waals surface area contributed by atoms with Crippen molar-refractivity contribution in [3.63, 3.8) is 0 Å². The van der Waals surface area contributed by atoms with Gasteiger partial charge in [0.05, 0.1) is 5.71 Å². The van der Waals surface area contributed by atoms with Gasteiger partial charge in [-0.2, -0.15) is 0 Å². The van der Waals surface area contributed by atoms with Crippen LogP contribution in [0, 0.1) is 16.7 Å². The Balaban J connectivity index is 3.88. The zero-order chi connectivity index (χ0) is 7.44. The van der Waals surface area contributed by atoms with Crippen molar-refractivity contribution >= 4 is 11.4 Å². The second-order valence-corrected chi connectivity index (χ2v) is 2.35. The molecule has 0 heterocycles. The maximum atomic E-state index is 7.32. The molecular formula is C7H14N2. The van der Waals surface area contributed by atoms with Gasteiger partial charge in [-0.25, -0.2) is 0 Å². The van der Waals surface area contributed by atoms with Crippen molar-refractivity contribution in [3.05, 3.63) is 0 Å². The highest BCUT2D eigenvalue weighted by Crippen LogP contribution is 2.02. The first kappa shape index (κ1) is 8.34. The first-order valence-electron chi connectivity index (χ1n) is 3.23. The van der Waals surface area contributed by atoms with Crippen LogP contribution in [0.3, 0.4) is 0 Å². The van der Waals surface area contributed by atoms with Crippen LogP contribution in [0.1, 0.15) is 27.2 Å². The van der Waals surface area contributed by atoms with E-state index in [0.717, 1.165) is 6.42 Å². The fraction of sp³-hybridized carbons (Fsp3) is 0.714. The number of hydrogen-bond acceptors (Lipinski definition) is 2. The molecule has 0 rings (SSSR count). The van der Waals surface area contributed by atoms with E-state index in [9.17, 15) is 0 Å². The largest absolute Gasteiger partial charge is 0.304 e. The van der Waals surface area contributed by atoms with Crippen molar-refractivity contribution in [2.24, 2.45) is 5.92 Å². The average molecular weight is 126 g/mol. The number of hydrogen-bond donors (Lipinski definition) is 2. The van der Waals surface area contributed by atoms with Crippen molar-refractivity contribution in [2.75, 3.05) is 0 Å². The molecule has 2 heteroatoms. The maximum Gasteiger partial charge on any atom is 0.0546 e. The molecule has 2 nitrogen and oxygen atoms in total. The molecule has 0 amide bonds. The molecule has 9 heavy (non-hydrogen) atoms. The minimum atomic E-state index is 0.252. The molecule has 0 saturated heterocycles. The SMILES string of the molecule is CCC(C)C(=N)C(C)=N. The Kier molecular flexibility index (Phi) is 3.13. The zero-order valence-corrected chi connectivity index (χ0v) is 6.28. The van der Waals surface area contributed by atoms with Gasteiger partial charge in [-0.1, -0.05) is 13.8 Å². The van der Waals surface area contributed by atoms with Gasteiger partial charge in [0.25, 0.3) is 0 Å². The summed E-state index contributed by atoms with van der Waals surface area (Å²) in [6.07, 6.45) is 0.953. The second kappa shape index (κ2) is 3.38. The van der Waals surface area contributed by atoms with Crippen LogP contribution in [0.4, 0.5) is 0 Å². The average Bonchev–Trinajstić information content (AvgIpc) is 1.84. The summed E-state index contributed by atoms with van der Waals surface area (Å²) in [7, 11) is 0. The first-order valence-corrected chi connectivity index (χ1v) is 3.23. The predicted octanol–water partition coefficient (Wildman–Crippen LogP) is 2.09. The van der Waals surface area contributed by atoms with Gasteiger partial charge in [-0.05, 0) is 19.3 Å². The van der Waals surface area contributed by atoms with Crippen LogP contribution in [-0.4, -0.2) is 11.4 Å². The Bertz CT molecular complexity index is 127. The van der Waals surface area contributed by atoms with Crippen LogP contribution < -0.4 is 0 Å². The van der Waals surface area contributed by atoms with Gasteiger partial charge in [0.1, 0.15) is 0 Å². The Morgan fingerprint density at radius 3 is 2.00 bits per heavy atom. The van der Waals surface area contributed by atoms with E-state index in [1.165, 1.54) is 0 Å². The van der Waals surface area contributed by atoms with Gasteiger partial charge in [-0.3, -0.25) is 0 Å². The van der Waals surface area contributed by atoms with Gasteiger partial charge in [-0.15, -0.1) is 0 Å². The summed E-state index contributed by atoms with van der Waals surface area (Å²) in [6.45, 7) is 5.66. The van der Waals surface area contributed by atoms with E-state index in [-0.39, 0.29) is 5.92 Å². The quantitative estimate of drug-likeness (QED) is 0.544. The van der Waals surface area contributed by atoms with Crippen LogP contribution in [-0.2, 0) is 0 Å². The van der Waals surface area contributed by atoms with Crippen LogP contribution in [0.25, 0.3) is 0 Å². The summed E-state index contributed by atoms with van der Waals surface area (Å²) in [6, 6.07) is 0. The summed E-state index contributed by atoms with van der Waals surface area (Å²) in [5, 5.41) is 14.4. The Morgan fingerprint density at radius 1 is 1.44 bits per heavy atom. The predicted molar refractivity (Wildman–Crippen MR) is 40.6 cm³/mol. The summed E-state index contributed by atoms with van der Waals surface area (Å²) < 4.78 is 0. The molecule has 0 spiro atoms. The highest BCUT2D eigenvalue weighted by atomic mass is 14.5. The van der Waals surface area contributed by atoms with Crippen LogP contribution in [0.15, 0.2) is 0 Å². The third kappa shape index (κ3) is 2.40. The van der Waals surface area contributed by atoms with Gasteiger partial charge in [0.2, 0.25) is 0 Å². The van der Waals surface area contributed by atoms with E-state index in [0.29, 0.717) is 11.4 Å². The molecule has 0 aromatic carbocycles. The second-order valence-electron chi connectivity index (χ2n) is 2.35. The van der Waals surface area contributed by atoms with Crippen molar-refractivity contribution in [2.45, 2.75) is 27.2 Å². The zero-order valence-electron chi connectivity index (χ0n) is 6.28. The van der Waals surface area contributed by atoms with Crippen LogP contribution in [0.2, 0.25) is 0 Å². The molecule has 1 atom stereocenters. The monoisotopic (exact) mass is 126 g/mol. The normalized spacial score (nSPS) is 12.8. The van der Waals surface area contributed by atoms with E-state index < -0.39 is 0 Å². The van der Waals surface area contributed by atoms with E-state index in [1.807, 2.05) is 13.8 Å². The van der Waals surface area contributed by atoms with Crippen LogP contribution >= 0.6 is 0 Å². The molecule has 0 aromatic heterocycles. The van der Waals surface area contributed by atoms with Crippen molar-refractivity contribution in [1.29, 1.82) is 10.8 Å². The molecule has 0 aromatic rings. The lowest BCUT2D eigenvalue weighted by Gasteiger charge is -2.07. The fourth-order valence-electron chi connectivity index (χ4n) is 0.574. The molecule has 0 fully saturated rings. The van der Waals surface area contributed by atoms with Gasteiger partial charge < -0.3 is 10.8 Å². The minimum Gasteiger partial charge on any atom is -0.304 e. The summed E-state index contributed by atoms with van der Waals surface area (Å²) in [5.41, 5.74) is 0.863. The molecule has 0 aliphatic carbocycles. The van der Waals surface area contributed by atoms with E-state index in [2.05, 4.69) is 0 Å². The van der Waals surface area contributed by atoms with Gasteiger partial charge in [0, 0.05) is 5.71 Å². The molecule has 52 valence electrons. The smallest absolute Gasteiger partial charge is 0.0546 e. The Hall–Kier alpha value is -0.660. The minimum absolute atomic E-state index is 0.252. The molecular weight excluding hydrogens is 112 g/mol. The molecule has 2 N–H and O–H groups in total. The van der Waals surface area contributed by atoms with Gasteiger partial charge in [0.15, 0.2) is 0 Å². The summed E-state index contributed by atoms with van der Waals surface area (Å²) >= 11 is 0. The molecule has 0 aliphatic heterocycles. The van der Waals surface area contributed by atoms with Crippen molar-refractivity contribution < 1.29 is 0 Å². The lowest BCUT2D eigenvalue weighted by Crippen LogP contribution is -2.16. The highest BCUT2D eigenvalue weighted by Gasteiger charge is 2.06. The molecule has 0 aliphatic rings. The summed E-state index contributed by atoms with van der Waals surface area (Å²) in [4.78, 5) is 0. The molecule has 0 radical (unpaired) electrons. The van der Waals surface area contributed by atoms with Crippen molar-refractivity contribution in [1.82, 2.24) is 0 Å². The third-order valence-corrected chi connectivity index (χ3v) is 1.51. The molecule has 0 saturated carbocycles. The number of rotatable bonds is 3. The fourth-order valence-corrected chi connectivity index (χ4v) is 0.574. The first-order chi connectivity index (χ1) is 4.09. The standard InChI is InChI=1S/C7H14N2/c1-4-5(2)7(9)6(3)8/h5,8-9H,4H2,1-3H3. The highest BCUT2D eigenvalue weighted by molar-refractivity contribution is 6.39. The lowest BCUT2D eigenvalue weighted by molar-refractivity contribution is 0.741. The lowest BCUT2D eigenvalue weighted by atomic mass is 10.00. The molecule has 1 unspecified atom stereocenters. The van der Waals surface area contributed by atoms with Gasteiger partial charge >= 0.3 is 0 Å². The Labute approximate surface area is 56.3 Å².